The van der Waals surface area contributed by atoms with Gasteiger partial charge in [-0.05, 0) is 30.2 Å². The molecule has 1 amide bonds. The van der Waals surface area contributed by atoms with Gasteiger partial charge in [-0.2, -0.15) is 0 Å². The van der Waals surface area contributed by atoms with Crippen LogP contribution in [-0.4, -0.2) is 28.4 Å². The van der Waals surface area contributed by atoms with Crippen LogP contribution in [0.25, 0.3) is 0 Å². The van der Waals surface area contributed by atoms with Crippen LogP contribution in [0.1, 0.15) is 34.8 Å². The van der Waals surface area contributed by atoms with E-state index in [1.165, 1.54) is 11.3 Å². The maximum Gasteiger partial charge on any atom is 0.312 e. The molecule has 3 rings (SSSR count). The Kier molecular flexibility index (Phi) is 4.41. The van der Waals surface area contributed by atoms with Crippen molar-refractivity contribution in [2.45, 2.75) is 25.3 Å². The summed E-state index contributed by atoms with van der Waals surface area (Å²) in [6.45, 7) is 2.48. The van der Waals surface area contributed by atoms with E-state index in [9.17, 15) is 14.7 Å². The van der Waals surface area contributed by atoms with Crippen LogP contribution in [-0.2, 0) is 16.1 Å². The van der Waals surface area contributed by atoms with E-state index < -0.39 is 11.9 Å². The lowest BCUT2D eigenvalue weighted by molar-refractivity contribution is -0.141. The van der Waals surface area contributed by atoms with Crippen molar-refractivity contribution in [3.63, 3.8) is 0 Å². The van der Waals surface area contributed by atoms with E-state index in [4.69, 9.17) is 11.6 Å². The molecule has 2 heterocycles. The van der Waals surface area contributed by atoms with Gasteiger partial charge in [-0.25, -0.2) is 0 Å². The van der Waals surface area contributed by atoms with Gasteiger partial charge in [0.1, 0.15) is 0 Å². The first kappa shape index (κ1) is 16.0. The minimum atomic E-state index is -0.901. The lowest BCUT2D eigenvalue weighted by Gasteiger charge is -2.34. The van der Waals surface area contributed by atoms with E-state index in [2.05, 4.69) is 0 Å². The Morgan fingerprint density at radius 3 is 2.70 bits per heavy atom. The van der Waals surface area contributed by atoms with Crippen LogP contribution in [0.2, 0.25) is 4.34 Å². The van der Waals surface area contributed by atoms with Gasteiger partial charge in [0.15, 0.2) is 0 Å². The average molecular weight is 350 g/mol. The molecular weight excluding hydrogens is 334 g/mol. The van der Waals surface area contributed by atoms with Crippen LogP contribution in [0.3, 0.4) is 0 Å². The molecule has 120 valence electrons. The van der Waals surface area contributed by atoms with Gasteiger partial charge < -0.3 is 10.0 Å². The van der Waals surface area contributed by atoms with Gasteiger partial charge in [0, 0.05) is 18.0 Å². The van der Waals surface area contributed by atoms with Gasteiger partial charge >= 0.3 is 5.97 Å². The highest BCUT2D eigenvalue weighted by atomic mass is 35.5. The molecule has 0 spiro atoms. The number of hydrogen-bond donors (Lipinski definition) is 1. The van der Waals surface area contributed by atoms with Gasteiger partial charge in [0.25, 0.3) is 0 Å². The third kappa shape index (κ3) is 3.12. The standard InChI is InChI=1S/C17H16ClNO3S/c1-10(14-6-7-15(18)23-14)16(20)19-8-11-4-2-3-5-12(11)13(9-19)17(21)22/h2-7,10,13H,8-9H2,1H3,(H,21,22). The van der Waals surface area contributed by atoms with Crippen molar-refractivity contribution in [2.75, 3.05) is 6.54 Å². The summed E-state index contributed by atoms with van der Waals surface area (Å²) in [7, 11) is 0. The Bertz CT molecular complexity index is 758. The van der Waals surface area contributed by atoms with E-state index in [0.717, 1.165) is 16.0 Å². The molecule has 0 radical (unpaired) electrons. The van der Waals surface area contributed by atoms with Crippen LogP contribution in [0.5, 0.6) is 0 Å². The second kappa shape index (κ2) is 6.34. The maximum absolute atomic E-state index is 12.8. The summed E-state index contributed by atoms with van der Waals surface area (Å²) in [5, 5.41) is 9.49. The molecule has 0 bridgehead atoms. The Morgan fingerprint density at radius 1 is 1.30 bits per heavy atom. The van der Waals surface area contributed by atoms with Gasteiger partial charge in [0.05, 0.1) is 16.2 Å². The van der Waals surface area contributed by atoms with Crippen molar-refractivity contribution in [1.82, 2.24) is 4.90 Å². The molecule has 4 nitrogen and oxygen atoms in total. The zero-order chi connectivity index (χ0) is 16.6. The number of aliphatic carboxylic acids is 1. The van der Waals surface area contributed by atoms with Crippen LogP contribution in [0.15, 0.2) is 36.4 Å². The van der Waals surface area contributed by atoms with Crippen LogP contribution in [0, 0.1) is 0 Å². The zero-order valence-electron chi connectivity index (χ0n) is 12.5. The fourth-order valence-corrected chi connectivity index (χ4v) is 4.05. The Hall–Kier alpha value is -1.85. The largest absolute Gasteiger partial charge is 0.481 e. The maximum atomic E-state index is 12.8. The van der Waals surface area contributed by atoms with Crippen molar-refractivity contribution in [3.05, 3.63) is 56.7 Å². The highest BCUT2D eigenvalue weighted by molar-refractivity contribution is 7.16. The smallest absolute Gasteiger partial charge is 0.312 e. The summed E-state index contributed by atoms with van der Waals surface area (Å²) in [5.41, 5.74) is 1.70. The number of carboxylic acid groups (broad SMARTS) is 1. The number of carboxylic acids is 1. The van der Waals surface area contributed by atoms with E-state index >= 15 is 0 Å². The van der Waals surface area contributed by atoms with E-state index in [1.807, 2.05) is 37.3 Å². The molecule has 2 atom stereocenters. The fourth-order valence-electron chi connectivity index (χ4n) is 2.94. The molecule has 0 aliphatic carbocycles. The Morgan fingerprint density at radius 2 is 2.04 bits per heavy atom. The molecular formula is C17H16ClNO3S. The third-order valence-corrected chi connectivity index (χ3v) is 5.61. The SMILES string of the molecule is CC(C(=O)N1Cc2ccccc2C(C(=O)O)C1)c1ccc(Cl)s1. The first-order valence-corrected chi connectivity index (χ1v) is 8.51. The fraction of sp³-hybridized carbons (Fsp3) is 0.294. The summed E-state index contributed by atoms with van der Waals surface area (Å²) in [6, 6.07) is 11.0. The van der Waals surface area contributed by atoms with Crippen molar-refractivity contribution in [3.8, 4) is 0 Å². The van der Waals surface area contributed by atoms with Crippen molar-refractivity contribution >= 4 is 34.8 Å². The first-order valence-electron chi connectivity index (χ1n) is 7.32. The lowest BCUT2D eigenvalue weighted by Crippen LogP contribution is -2.42. The van der Waals surface area contributed by atoms with Gasteiger partial charge in [0.2, 0.25) is 5.91 Å². The van der Waals surface area contributed by atoms with Crippen LogP contribution in [0.4, 0.5) is 0 Å². The van der Waals surface area contributed by atoms with Gasteiger partial charge in [-0.15, -0.1) is 11.3 Å². The normalized spacial score (nSPS) is 18.3. The van der Waals surface area contributed by atoms with Gasteiger partial charge in [-0.3, -0.25) is 9.59 Å². The summed E-state index contributed by atoms with van der Waals surface area (Å²) < 4.78 is 0.645. The quantitative estimate of drug-likeness (QED) is 0.918. The third-order valence-electron chi connectivity index (χ3n) is 4.20. The number of carbonyl (C=O) groups is 2. The molecule has 1 aromatic carbocycles. The van der Waals surface area contributed by atoms with E-state index in [-0.39, 0.29) is 18.4 Å². The lowest BCUT2D eigenvalue weighted by atomic mass is 9.89. The average Bonchev–Trinajstić information content (AvgIpc) is 2.98. The Balaban J connectivity index is 1.86. The second-order valence-corrected chi connectivity index (χ2v) is 7.42. The molecule has 0 fully saturated rings. The number of benzene rings is 1. The topological polar surface area (TPSA) is 57.6 Å². The van der Waals surface area contributed by atoms with Crippen molar-refractivity contribution in [1.29, 1.82) is 0 Å². The highest BCUT2D eigenvalue weighted by Gasteiger charge is 2.34. The number of rotatable bonds is 3. The minimum Gasteiger partial charge on any atom is -0.481 e. The zero-order valence-corrected chi connectivity index (χ0v) is 14.1. The minimum absolute atomic E-state index is 0.0655. The van der Waals surface area contributed by atoms with Gasteiger partial charge in [-0.1, -0.05) is 35.9 Å². The summed E-state index contributed by atoms with van der Waals surface area (Å²) in [4.78, 5) is 26.9. The summed E-state index contributed by atoms with van der Waals surface area (Å²) in [6.07, 6.45) is 0. The number of fused-ring (bicyclic) bond motifs is 1. The number of amides is 1. The number of carbonyl (C=O) groups excluding carboxylic acids is 1. The molecule has 2 unspecified atom stereocenters. The number of halogens is 1. The summed E-state index contributed by atoms with van der Waals surface area (Å²) >= 11 is 7.33. The number of thiophene rings is 1. The molecule has 1 aromatic heterocycles. The monoisotopic (exact) mass is 349 g/mol. The molecule has 0 saturated carbocycles. The molecule has 1 N–H and O–H groups in total. The predicted molar refractivity (Wildman–Crippen MR) is 90.0 cm³/mol. The molecule has 2 aromatic rings. The number of hydrogen-bond acceptors (Lipinski definition) is 3. The molecule has 1 aliphatic heterocycles. The predicted octanol–water partition coefficient (Wildman–Crippen LogP) is 3.72. The van der Waals surface area contributed by atoms with Crippen molar-refractivity contribution < 1.29 is 14.7 Å². The highest BCUT2D eigenvalue weighted by Crippen LogP contribution is 2.33. The first-order chi connectivity index (χ1) is 11.0. The Labute approximate surface area is 143 Å². The molecule has 1 aliphatic rings. The summed E-state index contributed by atoms with van der Waals surface area (Å²) in [5.74, 6) is -1.97. The molecule has 23 heavy (non-hydrogen) atoms. The van der Waals surface area contributed by atoms with E-state index in [1.54, 1.807) is 11.0 Å². The molecule has 0 saturated heterocycles. The number of nitrogens with zero attached hydrogens (tertiary/aromatic N) is 1. The van der Waals surface area contributed by atoms with Crippen LogP contribution < -0.4 is 0 Å². The second-order valence-electron chi connectivity index (χ2n) is 5.67. The van der Waals surface area contributed by atoms with Crippen molar-refractivity contribution in [2.24, 2.45) is 0 Å². The molecule has 6 heteroatoms. The van der Waals surface area contributed by atoms with Crippen LogP contribution >= 0.6 is 22.9 Å². The van der Waals surface area contributed by atoms with E-state index in [0.29, 0.717) is 10.9 Å².